The third kappa shape index (κ3) is 5.46. The molecule has 0 radical (unpaired) electrons. The molecule has 0 saturated carbocycles. The molecule has 1 saturated heterocycles. The first-order valence-electron chi connectivity index (χ1n) is 11.6. The van der Waals surface area contributed by atoms with Crippen LogP contribution in [0.2, 0.25) is 18.1 Å². The summed E-state index contributed by atoms with van der Waals surface area (Å²) in [5.41, 5.74) is 3.35. The lowest BCUT2D eigenvalue weighted by Crippen LogP contribution is -2.47. The number of ether oxygens (including phenoxy) is 1. The van der Waals surface area contributed by atoms with E-state index in [9.17, 15) is 0 Å². The first kappa shape index (κ1) is 23.1. The molecule has 1 unspecified atom stereocenters. The average Bonchev–Trinajstić information content (AvgIpc) is 3.21. The molecule has 6 nitrogen and oxygen atoms in total. The van der Waals surface area contributed by atoms with Crippen molar-refractivity contribution in [2.24, 2.45) is 0 Å². The van der Waals surface area contributed by atoms with Crippen molar-refractivity contribution in [2.75, 3.05) is 32.8 Å². The fourth-order valence-electron chi connectivity index (χ4n) is 3.86. The second kappa shape index (κ2) is 9.43. The predicted molar refractivity (Wildman–Crippen MR) is 132 cm³/mol. The van der Waals surface area contributed by atoms with Crippen LogP contribution >= 0.6 is 0 Å². The van der Waals surface area contributed by atoms with Crippen LogP contribution in [0.25, 0.3) is 22.0 Å². The zero-order valence-electron chi connectivity index (χ0n) is 20.0. The summed E-state index contributed by atoms with van der Waals surface area (Å²) in [7, 11) is -1.68. The summed E-state index contributed by atoms with van der Waals surface area (Å²) in [4.78, 5) is 10.9. The Balaban J connectivity index is 1.32. The first-order chi connectivity index (χ1) is 15.2. The van der Waals surface area contributed by atoms with Crippen LogP contribution in [-0.2, 0) is 15.7 Å². The molecular formula is C25H36N4O2Si. The molecule has 0 aliphatic carbocycles. The van der Waals surface area contributed by atoms with Gasteiger partial charge in [0.1, 0.15) is 6.33 Å². The van der Waals surface area contributed by atoms with Crippen molar-refractivity contribution in [3.05, 3.63) is 49.2 Å². The van der Waals surface area contributed by atoms with Crippen molar-refractivity contribution in [3.63, 3.8) is 0 Å². The van der Waals surface area contributed by atoms with Gasteiger partial charge in [-0.1, -0.05) is 26.8 Å². The molecule has 1 aliphatic rings. The number of hydrogen-bond acceptors (Lipinski definition) is 5. The molecule has 1 fully saturated rings. The number of morpholine rings is 1. The lowest BCUT2D eigenvalue weighted by atomic mass is 10.1. The van der Waals surface area contributed by atoms with E-state index in [0.29, 0.717) is 0 Å². The summed E-state index contributed by atoms with van der Waals surface area (Å²) < 4.78 is 14.7. The number of nitrogens with zero attached hydrogens (tertiary/aromatic N) is 4. The van der Waals surface area contributed by atoms with Gasteiger partial charge in [-0.05, 0) is 47.5 Å². The zero-order chi connectivity index (χ0) is 22.8. The minimum absolute atomic E-state index is 0.196. The van der Waals surface area contributed by atoms with Gasteiger partial charge >= 0.3 is 0 Å². The van der Waals surface area contributed by atoms with E-state index in [4.69, 9.17) is 9.16 Å². The summed E-state index contributed by atoms with van der Waals surface area (Å²) in [5.74, 6) is 0. The third-order valence-corrected chi connectivity index (χ3v) is 11.4. The average molecular weight is 453 g/mol. The van der Waals surface area contributed by atoms with E-state index in [1.165, 1.54) is 11.1 Å². The molecule has 7 heteroatoms. The summed E-state index contributed by atoms with van der Waals surface area (Å²) in [6.07, 6.45) is 7.99. The van der Waals surface area contributed by atoms with Gasteiger partial charge in [0.25, 0.3) is 0 Å². The Hall–Kier alpha value is -2.06. The van der Waals surface area contributed by atoms with E-state index in [-0.39, 0.29) is 11.1 Å². The Morgan fingerprint density at radius 1 is 1.19 bits per heavy atom. The molecule has 0 spiro atoms. The molecule has 0 bridgehead atoms. The number of hydrogen-bond donors (Lipinski definition) is 0. The number of rotatable bonds is 7. The van der Waals surface area contributed by atoms with Crippen LogP contribution in [0.4, 0.5) is 0 Å². The van der Waals surface area contributed by atoms with E-state index >= 15 is 0 Å². The molecule has 1 atom stereocenters. The fourth-order valence-corrected chi connectivity index (χ4v) is 4.90. The highest BCUT2D eigenvalue weighted by molar-refractivity contribution is 6.74. The number of benzene rings is 1. The maximum absolute atomic E-state index is 6.38. The van der Waals surface area contributed by atoms with Crippen LogP contribution in [0, 0.1) is 0 Å². The Bertz CT molecular complexity index is 1040. The minimum atomic E-state index is -1.68. The summed E-state index contributed by atoms with van der Waals surface area (Å²) in [6, 6.07) is 8.49. The quantitative estimate of drug-likeness (QED) is 0.481. The predicted octanol–water partition coefficient (Wildman–Crippen LogP) is 4.82. The Labute approximate surface area is 192 Å². The minimum Gasteiger partial charge on any atom is -0.416 e. The Kier molecular flexibility index (Phi) is 6.81. The third-order valence-electron chi connectivity index (χ3n) is 6.90. The largest absolute Gasteiger partial charge is 0.416 e. The van der Waals surface area contributed by atoms with Gasteiger partial charge in [-0.2, -0.15) is 0 Å². The van der Waals surface area contributed by atoms with Crippen LogP contribution in [0.1, 0.15) is 20.8 Å². The van der Waals surface area contributed by atoms with Crippen molar-refractivity contribution in [1.82, 2.24) is 19.4 Å². The summed E-state index contributed by atoms with van der Waals surface area (Å²) in [6.45, 7) is 16.9. The van der Waals surface area contributed by atoms with Crippen LogP contribution in [0.15, 0.2) is 49.2 Å². The molecule has 32 heavy (non-hydrogen) atoms. The summed E-state index contributed by atoms with van der Waals surface area (Å²) >= 11 is 0. The van der Waals surface area contributed by atoms with E-state index in [0.717, 1.165) is 50.3 Å². The van der Waals surface area contributed by atoms with Gasteiger partial charge < -0.3 is 13.7 Å². The van der Waals surface area contributed by atoms with Gasteiger partial charge in [0.15, 0.2) is 8.32 Å². The molecule has 3 heterocycles. The number of aromatic nitrogens is 3. The molecule has 172 valence electrons. The zero-order valence-corrected chi connectivity index (χ0v) is 21.0. The molecule has 0 amide bonds. The standard InChI is InChI=1S/C25H36N4O2Si/c1-25(2,3)32(4,5)31-13-11-28-10-12-30-23(17-28)18-29-9-8-21(16-29)20-6-7-24-22(14-20)15-26-19-27-24/h6-9,14-16,19,23H,10-13,17-18H2,1-5H3. The molecule has 1 aromatic carbocycles. The van der Waals surface area contributed by atoms with Crippen LogP contribution in [0.3, 0.4) is 0 Å². The normalized spacial score (nSPS) is 18.3. The van der Waals surface area contributed by atoms with Crippen molar-refractivity contribution in [3.8, 4) is 11.1 Å². The van der Waals surface area contributed by atoms with Gasteiger partial charge in [0.2, 0.25) is 0 Å². The van der Waals surface area contributed by atoms with E-state index < -0.39 is 8.32 Å². The summed E-state index contributed by atoms with van der Waals surface area (Å²) in [5, 5.41) is 1.31. The van der Waals surface area contributed by atoms with Crippen LogP contribution in [0.5, 0.6) is 0 Å². The van der Waals surface area contributed by atoms with Gasteiger partial charge in [0.05, 0.1) is 18.2 Å². The van der Waals surface area contributed by atoms with Gasteiger partial charge in [0, 0.05) is 56.8 Å². The van der Waals surface area contributed by atoms with Crippen molar-refractivity contribution in [2.45, 2.75) is 51.6 Å². The highest BCUT2D eigenvalue weighted by Crippen LogP contribution is 2.36. The molecule has 4 rings (SSSR count). The fraction of sp³-hybridized carbons (Fsp3) is 0.520. The molecular weight excluding hydrogens is 416 g/mol. The van der Waals surface area contributed by atoms with Gasteiger partial charge in [-0.15, -0.1) is 0 Å². The van der Waals surface area contributed by atoms with E-state index in [2.05, 4.69) is 90.0 Å². The SMILES string of the molecule is CC(C)(C)[Si](C)(C)OCCN1CCOC(Cn2ccc(-c3ccc4ncncc4c3)c2)C1. The highest BCUT2D eigenvalue weighted by atomic mass is 28.4. The Morgan fingerprint density at radius 2 is 2.03 bits per heavy atom. The topological polar surface area (TPSA) is 52.4 Å². The van der Waals surface area contributed by atoms with Crippen molar-refractivity contribution in [1.29, 1.82) is 0 Å². The van der Waals surface area contributed by atoms with Gasteiger partial charge in [-0.3, -0.25) is 4.90 Å². The number of fused-ring (bicyclic) bond motifs is 1. The molecule has 3 aromatic rings. The Morgan fingerprint density at radius 3 is 2.84 bits per heavy atom. The van der Waals surface area contributed by atoms with Gasteiger partial charge in [-0.25, -0.2) is 9.97 Å². The monoisotopic (exact) mass is 452 g/mol. The first-order valence-corrected chi connectivity index (χ1v) is 14.5. The highest BCUT2D eigenvalue weighted by Gasteiger charge is 2.37. The van der Waals surface area contributed by atoms with Crippen molar-refractivity contribution >= 4 is 19.2 Å². The smallest absolute Gasteiger partial charge is 0.192 e. The lowest BCUT2D eigenvalue weighted by Gasteiger charge is -2.38. The molecule has 2 aromatic heterocycles. The van der Waals surface area contributed by atoms with E-state index in [1.807, 2.05) is 6.20 Å². The lowest BCUT2D eigenvalue weighted by molar-refractivity contribution is -0.0389. The second-order valence-electron chi connectivity index (χ2n) is 10.3. The maximum atomic E-state index is 6.38. The second-order valence-corrected chi connectivity index (χ2v) is 15.1. The molecule has 0 N–H and O–H groups in total. The van der Waals surface area contributed by atoms with E-state index in [1.54, 1.807) is 6.33 Å². The maximum Gasteiger partial charge on any atom is 0.192 e. The van der Waals surface area contributed by atoms with Crippen LogP contribution < -0.4 is 0 Å². The molecule has 1 aliphatic heterocycles. The van der Waals surface area contributed by atoms with Crippen LogP contribution in [-0.4, -0.2) is 66.7 Å². The van der Waals surface area contributed by atoms with Crippen molar-refractivity contribution < 1.29 is 9.16 Å².